The molecular formula is C19H20FNO. The molecule has 3 heteroatoms. The molecule has 1 N–H and O–H groups in total. The van der Waals surface area contributed by atoms with Crippen molar-refractivity contribution in [3.63, 3.8) is 0 Å². The lowest BCUT2D eigenvalue weighted by atomic mass is 9.99. The molecule has 0 fully saturated rings. The van der Waals surface area contributed by atoms with Crippen molar-refractivity contribution in [3.05, 3.63) is 71.6 Å². The molecule has 1 amide bonds. The molecule has 2 nitrogen and oxygen atoms in total. The van der Waals surface area contributed by atoms with Crippen LogP contribution in [-0.4, -0.2) is 5.91 Å². The van der Waals surface area contributed by atoms with Crippen molar-refractivity contribution in [2.75, 3.05) is 5.32 Å². The van der Waals surface area contributed by atoms with Gasteiger partial charge in [0, 0.05) is 11.8 Å². The van der Waals surface area contributed by atoms with Gasteiger partial charge < -0.3 is 5.32 Å². The van der Waals surface area contributed by atoms with Crippen LogP contribution in [0.3, 0.4) is 0 Å². The number of rotatable bonds is 5. The fourth-order valence-corrected chi connectivity index (χ4v) is 2.06. The molecule has 2 aromatic rings. The maximum atomic E-state index is 12.8. The third-order valence-electron chi connectivity index (χ3n) is 3.66. The molecule has 2 rings (SSSR count). The van der Waals surface area contributed by atoms with Gasteiger partial charge in [0.25, 0.3) is 0 Å². The van der Waals surface area contributed by atoms with Gasteiger partial charge >= 0.3 is 0 Å². The highest BCUT2D eigenvalue weighted by Gasteiger charge is 2.03. The van der Waals surface area contributed by atoms with Gasteiger partial charge in [-0.1, -0.05) is 38.1 Å². The topological polar surface area (TPSA) is 29.1 Å². The fraction of sp³-hybridized carbons (Fsp3) is 0.211. The van der Waals surface area contributed by atoms with Gasteiger partial charge in [-0.25, -0.2) is 4.39 Å². The number of anilines is 1. The highest BCUT2D eigenvalue weighted by Crippen LogP contribution is 2.20. The molecular weight excluding hydrogens is 277 g/mol. The van der Waals surface area contributed by atoms with Crippen LogP contribution >= 0.6 is 0 Å². The Morgan fingerprint density at radius 3 is 2.36 bits per heavy atom. The van der Waals surface area contributed by atoms with E-state index >= 15 is 0 Å². The molecule has 0 heterocycles. The number of halogens is 1. The van der Waals surface area contributed by atoms with E-state index in [1.54, 1.807) is 18.2 Å². The van der Waals surface area contributed by atoms with Crippen LogP contribution < -0.4 is 5.32 Å². The van der Waals surface area contributed by atoms with Gasteiger partial charge in [-0.15, -0.1) is 0 Å². The lowest BCUT2D eigenvalue weighted by molar-refractivity contribution is -0.111. The van der Waals surface area contributed by atoms with Gasteiger partial charge in [0.2, 0.25) is 5.91 Å². The van der Waals surface area contributed by atoms with Crippen LogP contribution in [0.2, 0.25) is 0 Å². The lowest BCUT2D eigenvalue weighted by Crippen LogP contribution is -2.07. The van der Waals surface area contributed by atoms with Crippen molar-refractivity contribution in [3.8, 4) is 0 Å². The van der Waals surface area contributed by atoms with Crippen LogP contribution in [0.15, 0.2) is 54.6 Å². The quantitative estimate of drug-likeness (QED) is 0.774. The van der Waals surface area contributed by atoms with Gasteiger partial charge in [0.1, 0.15) is 5.82 Å². The highest BCUT2D eigenvalue weighted by molar-refractivity contribution is 6.01. The fourth-order valence-electron chi connectivity index (χ4n) is 2.06. The summed E-state index contributed by atoms with van der Waals surface area (Å²) in [5, 5.41) is 2.81. The van der Waals surface area contributed by atoms with Gasteiger partial charge in [0.15, 0.2) is 0 Å². The predicted octanol–water partition coefficient (Wildman–Crippen LogP) is 4.99. The Hall–Kier alpha value is -2.42. The van der Waals surface area contributed by atoms with Gasteiger partial charge in [-0.05, 0) is 53.8 Å². The van der Waals surface area contributed by atoms with Crippen LogP contribution in [-0.2, 0) is 4.79 Å². The number of carbonyl (C=O) groups excluding carboxylic acids is 1. The van der Waals surface area contributed by atoms with Crippen molar-refractivity contribution in [1.29, 1.82) is 0 Å². The minimum absolute atomic E-state index is 0.208. The predicted molar refractivity (Wildman–Crippen MR) is 89.2 cm³/mol. The first-order valence-corrected chi connectivity index (χ1v) is 7.43. The summed E-state index contributed by atoms with van der Waals surface area (Å²) in [4.78, 5) is 11.9. The normalized spacial score (nSPS) is 12.3. The monoisotopic (exact) mass is 297 g/mol. The number of hydrogen-bond acceptors (Lipinski definition) is 1. The van der Waals surface area contributed by atoms with E-state index in [0.29, 0.717) is 5.92 Å². The second-order valence-corrected chi connectivity index (χ2v) is 5.31. The Morgan fingerprint density at radius 2 is 1.77 bits per heavy atom. The minimum Gasteiger partial charge on any atom is -0.323 e. The summed E-state index contributed by atoms with van der Waals surface area (Å²) >= 11 is 0. The third kappa shape index (κ3) is 4.55. The minimum atomic E-state index is -0.289. The average molecular weight is 297 g/mol. The van der Waals surface area contributed by atoms with Crippen LogP contribution in [0.1, 0.15) is 37.3 Å². The van der Waals surface area contributed by atoms with E-state index in [-0.39, 0.29) is 11.7 Å². The molecule has 2 aromatic carbocycles. The van der Waals surface area contributed by atoms with E-state index < -0.39 is 0 Å². The van der Waals surface area contributed by atoms with E-state index in [0.717, 1.165) is 17.7 Å². The van der Waals surface area contributed by atoms with E-state index in [9.17, 15) is 9.18 Å². The zero-order chi connectivity index (χ0) is 15.9. The van der Waals surface area contributed by atoms with Crippen molar-refractivity contribution in [2.24, 2.45) is 0 Å². The Balaban J connectivity index is 1.95. The standard InChI is InChI=1S/C19H20FNO/c1-3-14(2)16-7-11-18(12-8-16)21-19(22)13-6-15-4-9-17(20)10-5-15/h4-14H,3H2,1-2H3,(H,21,22). The summed E-state index contributed by atoms with van der Waals surface area (Å²) in [5.41, 5.74) is 2.81. The van der Waals surface area contributed by atoms with E-state index in [4.69, 9.17) is 0 Å². The second kappa shape index (κ2) is 7.55. The van der Waals surface area contributed by atoms with Crippen LogP contribution in [0.5, 0.6) is 0 Å². The van der Waals surface area contributed by atoms with E-state index in [1.807, 2.05) is 24.3 Å². The molecule has 0 saturated carbocycles. The molecule has 1 atom stereocenters. The summed E-state index contributed by atoms with van der Waals surface area (Å²) in [7, 11) is 0. The second-order valence-electron chi connectivity index (χ2n) is 5.31. The molecule has 0 saturated heterocycles. The Morgan fingerprint density at radius 1 is 1.14 bits per heavy atom. The van der Waals surface area contributed by atoms with Crippen molar-refractivity contribution < 1.29 is 9.18 Å². The molecule has 0 aliphatic heterocycles. The molecule has 0 aromatic heterocycles. The molecule has 0 spiro atoms. The number of amides is 1. The summed E-state index contributed by atoms with van der Waals surface area (Å²) in [6, 6.07) is 13.9. The maximum Gasteiger partial charge on any atom is 0.248 e. The molecule has 0 bridgehead atoms. The van der Waals surface area contributed by atoms with Crippen molar-refractivity contribution in [1.82, 2.24) is 0 Å². The maximum absolute atomic E-state index is 12.8. The van der Waals surface area contributed by atoms with Crippen molar-refractivity contribution >= 4 is 17.7 Å². The molecule has 114 valence electrons. The highest BCUT2D eigenvalue weighted by atomic mass is 19.1. The summed E-state index contributed by atoms with van der Waals surface area (Å²) in [5.74, 6) is 0.0201. The average Bonchev–Trinajstić information content (AvgIpc) is 2.54. The van der Waals surface area contributed by atoms with Crippen LogP contribution in [0.25, 0.3) is 6.08 Å². The van der Waals surface area contributed by atoms with Crippen LogP contribution in [0.4, 0.5) is 10.1 Å². The van der Waals surface area contributed by atoms with Crippen LogP contribution in [0, 0.1) is 5.82 Å². The molecule has 0 radical (unpaired) electrons. The Kier molecular flexibility index (Phi) is 5.48. The van der Waals surface area contributed by atoms with E-state index in [2.05, 4.69) is 19.2 Å². The van der Waals surface area contributed by atoms with E-state index in [1.165, 1.54) is 23.8 Å². The molecule has 0 aliphatic carbocycles. The molecule has 0 aliphatic rings. The van der Waals surface area contributed by atoms with Gasteiger partial charge in [-0.3, -0.25) is 4.79 Å². The summed E-state index contributed by atoms with van der Waals surface area (Å²) in [6.07, 6.45) is 4.18. The molecule has 1 unspecified atom stereocenters. The summed E-state index contributed by atoms with van der Waals surface area (Å²) < 4.78 is 12.8. The number of nitrogens with one attached hydrogen (secondary N) is 1. The Bertz CT molecular complexity index is 644. The number of hydrogen-bond donors (Lipinski definition) is 1. The first kappa shape index (κ1) is 16.0. The largest absolute Gasteiger partial charge is 0.323 e. The molecule has 22 heavy (non-hydrogen) atoms. The first-order valence-electron chi connectivity index (χ1n) is 7.43. The number of benzene rings is 2. The van der Waals surface area contributed by atoms with Gasteiger partial charge in [0.05, 0.1) is 0 Å². The lowest BCUT2D eigenvalue weighted by Gasteiger charge is -2.09. The SMILES string of the molecule is CCC(C)c1ccc(NC(=O)C=Cc2ccc(F)cc2)cc1. The summed E-state index contributed by atoms with van der Waals surface area (Å²) in [6.45, 7) is 4.33. The first-order chi connectivity index (χ1) is 10.6. The van der Waals surface area contributed by atoms with Crippen molar-refractivity contribution in [2.45, 2.75) is 26.2 Å². The zero-order valence-electron chi connectivity index (χ0n) is 12.8. The number of carbonyl (C=O) groups is 1. The zero-order valence-corrected chi connectivity index (χ0v) is 12.8. The van der Waals surface area contributed by atoms with Gasteiger partial charge in [-0.2, -0.15) is 0 Å². The smallest absolute Gasteiger partial charge is 0.248 e. The third-order valence-corrected chi connectivity index (χ3v) is 3.66. The Labute approximate surface area is 130 Å².